The molecule has 84 valence electrons. The molecule has 0 atom stereocenters. The summed E-state index contributed by atoms with van der Waals surface area (Å²) in [7, 11) is 3.78. The minimum atomic E-state index is -0.132. The van der Waals surface area contributed by atoms with E-state index in [1.807, 2.05) is 27.1 Å². The zero-order valence-corrected chi connectivity index (χ0v) is 10.1. The van der Waals surface area contributed by atoms with E-state index in [1.54, 1.807) is 29.7 Å². The Morgan fingerprint density at radius 2 is 1.60 bits per heavy atom. The van der Waals surface area contributed by atoms with E-state index in [0.29, 0.717) is 5.56 Å². The number of hydrogen-bond acceptors (Lipinski definition) is 0. The van der Waals surface area contributed by atoms with Gasteiger partial charge in [0.05, 0.1) is 0 Å². The number of hydrogen-bond donors (Lipinski definition) is 0. The average Bonchev–Trinajstić information content (AvgIpc) is 2.10. The predicted molar refractivity (Wildman–Crippen MR) is 66.2 cm³/mol. The molecule has 0 aliphatic heterocycles. The average molecular weight is 210 g/mol. The fraction of sp³-hybridized carbons (Fsp3) is 0.308. The number of allylic oxidation sites excluding steroid dienone is 1. The number of benzene rings is 1. The van der Waals surface area contributed by atoms with Crippen LogP contribution in [0, 0.1) is 12.7 Å². The second-order valence-corrected chi connectivity index (χ2v) is 3.24. The summed E-state index contributed by atoms with van der Waals surface area (Å²) in [6, 6.07) is 6.70. The van der Waals surface area contributed by atoms with Crippen molar-refractivity contribution < 1.29 is 8.97 Å². The first-order valence-corrected chi connectivity index (χ1v) is 4.71. The van der Waals surface area contributed by atoms with E-state index in [-0.39, 0.29) is 5.82 Å². The molecule has 1 rings (SSSR count). The first kappa shape index (κ1) is 16.0. The van der Waals surface area contributed by atoms with Crippen LogP contribution in [0.3, 0.4) is 0 Å². The molecule has 1 aromatic rings. The Balaban J connectivity index is 0. The van der Waals surface area contributed by atoms with Crippen LogP contribution in [0.1, 0.15) is 12.5 Å². The van der Waals surface area contributed by atoms with E-state index in [4.69, 9.17) is 0 Å². The molecule has 15 heavy (non-hydrogen) atoms. The third-order valence-corrected chi connectivity index (χ3v) is 1.08. The van der Waals surface area contributed by atoms with Crippen LogP contribution in [0.25, 0.3) is 0 Å². The summed E-state index contributed by atoms with van der Waals surface area (Å²) in [5.41, 5.74) is 0.701. The standard InChI is InChI=1S/C7H7F.C3H8N.C3H6/c1-6-4-2-3-5-7(6)8;1-4(2)3;1-3-2/h2-5H,1H3;1H2,2-3H3;3H,1H2,2H3/q;+1;. The topological polar surface area (TPSA) is 3.01 Å². The second kappa shape index (κ2) is 10.6. The van der Waals surface area contributed by atoms with Crippen LogP contribution >= 0.6 is 0 Å². The van der Waals surface area contributed by atoms with Gasteiger partial charge in [-0.1, -0.05) is 24.3 Å². The van der Waals surface area contributed by atoms with Crippen molar-refractivity contribution in [2.75, 3.05) is 14.1 Å². The first-order chi connectivity index (χ1) is 6.95. The van der Waals surface area contributed by atoms with Crippen molar-refractivity contribution in [3.05, 3.63) is 48.3 Å². The highest BCUT2D eigenvalue weighted by atomic mass is 19.1. The van der Waals surface area contributed by atoms with Gasteiger partial charge in [0, 0.05) is 0 Å². The Hall–Kier alpha value is -1.44. The van der Waals surface area contributed by atoms with Gasteiger partial charge in [0.15, 0.2) is 0 Å². The van der Waals surface area contributed by atoms with Gasteiger partial charge in [-0.05, 0) is 25.5 Å². The summed E-state index contributed by atoms with van der Waals surface area (Å²) in [6.07, 6.45) is 1.75. The molecule has 0 bridgehead atoms. The summed E-state index contributed by atoms with van der Waals surface area (Å²) in [5, 5.41) is 0. The maximum absolute atomic E-state index is 12.3. The van der Waals surface area contributed by atoms with E-state index < -0.39 is 0 Å². The predicted octanol–water partition coefficient (Wildman–Crippen LogP) is 3.29. The lowest BCUT2D eigenvalue weighted by Crippen LogP contribution is -1.86. The minimum absolute atomic E-state index is 0.132. The van der Waals surface area contributed by atoms with Crippen LogP contribution in [0.2, 0.25) is 0 Å². The van der Waals surface area contributed by atoms with Crippen molar-refractivity contribution >= 4 is 6.72 Å². The molecule has 0 aromatic heterocycles. The van der Waals surface area contributed by atoms with E-state index >= 15 is 0 Å². The van der Waals surface area contributed by atoms with Crippen LogP contribution in [-0.2, 0) is 0 Å². The smallest absolute Gasteiger partial charge is 0.131 e. The van der Waals surface area contributed by atoms with Gasteiger partial charge >= 0.3 is 0 Å². The van der Waals surface area contributed by atoms with Crippen molar-refractivity contribution in [1.82, 2.24) is 0 Å². The molecule has 0 aliphatic carbocycles. The molecule has 1 nitrogen and oxygen atoms in total. The molecule has 0 unspecified atom stereocenters. The summed E-state index contributed by atoms with van der Waals surface area (Å²) < 4.78 is 14.1. The van der Waals surface area contributed by atoms with Crippen LogP contribution < -0.4 is 0 Å². The largest absolute Gasteiger partial charge is 0.248 e. The Morgan fingerprint density at radius 1 is 1.27 bits per heavy atom. The highest BCUT2D eigenvalue weighted by Crippen LogP contribution is 2.01. The molecule has 0 radical (unpaired) electrons. The molecular formula is C13H21FN+. The molecule has 0 amide bonds. The maximum Gasteiger partial charge on any atom is 0.131 e. The molecule has 0 heterocycles. The quantitative estimate of drug-likeness (QED) is 0.351. The Kier molecular flexibility index (Phi) is 11.4. The van der Waals surface area contributed by atoms with E-state index in [1.165, 1.54) is 6.07 Å². The molecule has 1 aromatic carbocycles. The van der Waals surface area contributed by atoms with Gasteiger partial charge in [-0.15, -0.1) is 6.58 Å². The molecular weight excluding hydrogens is 189 g/mol. The van der Waals surface area contributed by atoms with Crippen molar-refractivity contribution in [2.24, 2.45) is 0 Å². The van der Waals surface area contributed by atoms with Crippen molar-refractivity contribution in [3.63, 3.8) is 0 Å². The maximum atomic E-state index is 12.3. The molecule has 0 aliphatic rings. The molecule has 0 fully saturated rings. The lowest BCUT2D eigenvalue weighted by Gasteiger charge is -1.89. The van der Waals surface area contributed by atoms with Crippen LogP contribution in [0.15, 0.2) is 36.9 Å². The Labute approximate surface area is 92.6 Å². The fourth-order valence-electron chi connectivity index (χ4n) is 0.551. The lowest BCUT2D eigenvalue weighted by atomic mass is 10.2. The molecule has 0 N–H and O–H groups in total. The van der Waals surface area contributed by atoms with Crippen LogP contribution in [0.5, 0.6) is 0 Å². The van der Waals surface area contributed by atoms with Gasteiger partial charge < -0.3 is 0 Å². The number of halogens is 1. The number of rotatable bonds is 0. The summed E-state index contributed by atoms with van der Waals surface area (Å²) >= 11 is 0. The molecule has 0 saturated heterocycles. The third kappa shape index (κ3) is 15.3. The van der Waals surface area contributed by atoms with Crippen LogP contribution in [0.4, 0.5) is 4.39 Å². The molecule has 0 saturated carbocycles. The Morgan fingerprint density at radius 3 is 1.80 bits per heavy atom. The van der Waals surface area contributed by atoms with Crippen molar-refractivity contribution in [2.45, 2.75) is 13.8 Å². The van der Waals surface area contributed by atoms with Gasteiger partial charge in [-0.2, -0.15) is 0 Å². The number of nitrogens with zero attached hydrogens (tertiary/aromatic N) is 1. The second-order valence-electron chi connectivity index (χ2n) is 3.24. The molecule has 2 heteroatoms. The SMILES string of the molecule is C=CC.C=[N+](C)C.Cc1ccccc1F. The zero-order chi connectivity index (χ0) is 12.3. The molecule has 0 spiro atoms. The van der Waals surface area contributed by atoms with Crippen molar-refractivity contribution in [1.29, 1.82) is 0 Å². The van der Waals surface area contributed by atoms with E-state index in [9.17, 15) is 4.39 Å². The first-order valence-electron chi connectivity index (χ1n) is 4.71. The third-order valence-electron chi connectivity index (χ3n) is 1.08. The number of aryl methyl sites for hydroxylation is 1. The highest BCUT2D eigenvalue weighted by Gasteiger charge is 1.88. The zero-order valence-electron chi connectivity index (χ0n) is 10.1. The van der Waals surface area contributed by atoms with Gasteiger partial charge in [0.25, 0.3) is 0 Å². The lowest BCUT2D eigenvalue weighted by molar-refractivity contribution is -0.454. The minimum Gasteiger partial charge on any atom is -0.248 e. The highest BCUT2D eigenvalue weighted by molar-refractivity contribution is 5.14. The summed E-state index contributed by atoms with van der Waals surface area (Å²) in [4.78, 5) is 0. The van der Waals surface area contributed by atoms with Crippen LogP contribution in [-0.4, -0.2) is 25.4 Å². The Bertz CT molecular complexity index is 267. The monoisotopic (exact) mass is 210 g/mol. The summed E-state index contributed by atoms with van der Waals surface area (Å²) in [6.45, 7) is 10.5. The van der Waals surface area contributed by atoms with Gasteiger partial charge in [0.2, 0.25) is 0 Å². The van der Waals surface area contributed by atoms with E-state index in [0.717, 1.165) is 0 Å². The van der Waals surface area contributed by atoms with Crippen molar-refractivity contribution in [3.8, 4) is 0 Å². The fourth-order valence-corrected chi connectivity index (χ4v) is 0.551. The van der Waals surface area contributed by atoms with Gasteiger partial charge in [0.1, 0.15) is 26.6 Å². The van der Waals surface area contributed by atoms with E-state index in [2.05, 4.69) is 13.3 Å². The normalized spacial score (nSPS) is 7.53. The van der Waals surface area contributed by atoms with Gasteiger partial charge in [-0.3, -0.25) is 0 Å². The summed E-state index contributed by atoms with van der Waals surface area (Å²) in [5.74, 6) is -0.132. The van der Waals surface area contributed by atoms with Gasteiger partial charge in [-0.25, -0.2) is 8.97 Å².